The Kier molecular flexibility index (Phi) is 6.04. The molecule has 8 heteroatoms. The van der Waals surface area contributed by atoms with Crippen LogP contribution >= 0.6 is 11.3 Å². The zero-order chi connectivity index (χ0) is 22.7. The monoisotopic (exact) mass is 447 g/mol. The number of amides is 2. The minimum atomic E-state index is -0.806. The molecule has 2 N–H and O–H groups in total. The summed E-state index contributed by atoms with van der Waals surface area (Å²) in [6, 6.07) is 18.3. The molecule has 162 valence electrons. The van der Waals surface area contributed by atoms with Gasteiger partial charge in [-0.05, 0) is 61.0 Å². The molecule has 2 amide bonds. The van der Waals surface area contributed by atoms with Crippen molar-refractivity contribution in [2.45, 2.75) is 6.92 Å². The second-order valence-corrected chi connectivity index (χ2v) is 8.07. The molecule has 0 atom stereocenters. The number of aromatic nitrogens is 1. The molecule has 1 heterocycles. The molecule has 0 aliphatic carbocycles. The number of benzene rings is 3. The molecular formula is C24H21N3O4S. The minimum Gasteiger partial charge on any atom is -0.497 e. The first-order valence-electron chi connectivity index (χ1n) is 9.79. The van der Waals surface area contributed by atoms with E-state index in [1.807, 2.05) is 24.3 Å². The van der Waals surface area contributed by atoms with Crippen LogP contribution in [0.1, 0.15) is 5.56 Å². The molecule has 0 aliphatic rings. The van der Waals surface area contributed by atoms with Crippen molar-refractivity contribution in [3.05, 3.63) is 66.2 Å². The Bertz CT molecular complexity index is 1300. The van der Waals surface area contributed by atoms with Crippen LogP contribution in [0, 0.1) is 6.92 Å². The number of nitrogens with zero attached hydrogens (tertiary/aromatic N) is 1. The first kappa shape index (κ1) is 21.3. The molecular weight excluding hydrogens is 426 g/mol. The van der Waals surface area contributed by atoms with Crippen molar-refractivity contribution >= 4 is 44.7 Å². The fraction of sp³-hybridized carbons (Fsp3) is 0.125. The topological polar surface area (TPSA) is 89.5 Å². The van der Waals surface area contributed by atoms with E-state index >= 15 is 0 Å². The lowest BCUT2D eigenvalue weighted by atomic mass is 10.2. The van der Waals surface area contributed by atoms with Gasteiger partial charge in [0.25, 0.3) is 0 Å². The second-order valence-electron chi connectivity index (χ2n) is 7.04. The largest absolute Gasteiger partial charge is 0.497 e. The van der Waals surface area contributed by atoms with Crippen LogP contribution in [0.15, 0.2) is 60.7 Å². The third-order valence-electron chi connectivity index (χ3n) is 4.80. The Morgan fingerprint density at radius 1 is 0.875 bits per heavy atom. The number of ether oxygens (including phenoxy) is 2. The summed E-state index contributed by atoms with van der Waals surface area (Å²) < 4.78 is 11.5. The lowest BCUT2D eigenvalue weighted by molar-refractivity contribution is -0.133. The van der Waals surface area contributed by atoms with Gasteiger partial charge in [-0.25, -0.2) is 4.98 Å². The van der Waals surface area contributed by atoms with Crippen LogP contribution in [0.5, 0.6) is 11.5 Å². The number of methoxy groups -OCH3 is 2. The fourth-order valence-corrected chi connectivity index (χ4v) is 4.19. The van der Waals surface area contributed by atoms with E-state index in [-0.39, 0.29) is 0 Å². The van der Waals surface area contributed by atoms with Crippen LogP contribution in [0.2, 0.25) is 0 Å². The van der Waals surface area contributed by atoms with Gasteiger partial charge in [0.15, 0.2) is 0 Å². The summed E-state index contributed by atoms with van der Waals surface area (Å²) in [5.41, 5.74) is 3.96. The highest BCUT2D eigenvalue weighted by Crippen LogP contribution is 2.31. The SMILES string of the molecule is COc1ccc(NC(=O)C(=O)Nc2ccc(-c3nc4ccc(C)cc4s3)cc2)c(OC)c1. The summed E-state index contributed by atoms with van der Waals surface area (Å²) in [4.78, 5) is 29.3. The highest BCUT2D eigenvalue weighted by atomic mass is 32.1. The number of hydrogen-bond donors (Lipinski definition) is 2. The predicted molar refractivity (Wildman–Crippen MR) is 127 cm³/mol. The molecule has 0 saturated heterocycles. The second kappa shape index (κ2) is 9.07. The summed E-state index contributed by atoms with van der Waals surface area (Å²) in [6.07, 6.45) is 0. The van der Waals surface area contributed by atoms with Gasteiger partial charge in [0.2, 0.25) is 0 Å². The Morgan fingerprint density at radius 3 is 2.34 bits per heavy atom. The van der Waals surface area contributed by atoms with E-state index in [0.717, 1.165) is 20.8 Å². The zero-order valence-electron chi connectivity index (χ0n) is 17.8. The Labute approximate surface area is 189 Å². The van der Waals surface area contributed by atoms with E-state index < -0.39 is 11.8 Å². The summed E-state index contributed by atoms with van der Waals surface area (Å²) in [5, 5.41) is 6.05. The molecule has 4 rings (SSSR count). The highest BCUT2D eigenvalue weighted by Gasteiger charge is 2.17. The van der Waals surface area contributed by atoms with Crippen molar-refractivity contribution in [3.8, 4) is 22.1 Å². The van der Waals surface area contributed by atoms with Gasteiger partial charge in [-0.2, -0.15) is 0 Å². The van der Waals surface area contributed by atoms with Crippen molar-refractivity contribution in [3.63, 3.8) is 0 Å². The van der Waals surface area contributed by atoms with Gasteiger partial charge >= 0.3 is 11.8 Å². The number of aryl methyl sites for hydroxylation is 1. The molecule has 0 radical (unpaired) electrons. The molecule has 0 bridgehead atoms. The molecule has 32 heavy (non-hydrogen) atoms. The Morgan fingerprint density at radius 2 is 1.62 bits per heavy atom. The van der Waals surface area contributed by atoms with Gasteiger partial charge in [-0.15, -0.1) is 11.3 Å². The van der Waals surface area contributed by atoms with E-state index in [1.54, 1.807) is 41.7 Å². The summed E-state index contributed by atoms with van der Waals surface area (Å²) >= 11 is 1.61. The normalized spacial score (nSPS) is 10.6. The van der Waals surface area contributed by atoms with Gasteiger partial charge in [-0.1, -0.05) is 6.07 Å². The first-order valence-corrected chi connectivity index (χ1v) is 10.6. The van der Waals surface area contributed by atoms with Crippen molar-refractivity contribution in [2.24, 2.45) is 0 Å². The van der Waals surface area contributed by atoms with Crippen LogP contribution in [0.25, 0.3) is 20.8 Å². The maximum absolute atomic E-state index is 12.3. The number of anilines is 2. The summed E-state index contributed by atoms with van der Waals surface area (Å²) in [5.74, 6) is -0.626. The maximum atomic E-state index is 12.3. The number of thiazole rings is 1. The smallest absolute Gasteiger partial charge is 0.314 e. The van der Waals surface area contributed by atoms with E-state index in [0.29, 0.717) is 22.9 Å². The highest BCUT2D eigenvalue weighted by molar-refractivity contribution is 7.21. The zero-order valence-corrected chi connectivity index (χ0v) is 18.6. The van der Waals surface area contributed by atoms with Crippen LogP contribution in [-0.2, 0) is 9.59 Å². The number of nitrogens with one attached hydrogen (secondary N) is 2. The average Bonchev–Trinajstić information content (AvgIpc) is 3.22. The molecule has 7 nitrogen and oxygen atoms in total. The molecule has 0 saturated carbocycles. The number of rotatable bonds is 5. The molecule has 4 aromatic rings. The minimum absolute atomic E-state index is 0.370. The summed E-state index contributed by atoms with van der Waals surface area (Å²) in [6.45, 7) is 2.05. The molecule has 0 aliphatic heterocycles. The first-order chi connectivity index (χ1) is 15.5. The van der Waals surface area contributed by atoms with E-state index in [9.17, 15) is 9.59 Å². The van der Waals surface area contributed by atoms with E-state index in [4.69, 9.17) is 9.47 Å². The fourth-order valence-electron chi connectivity index (χ4n) is 3.12. The lowest BCUT2D eigenvalue weighted by Gasteiger charge is -2.11. The molecule has 0 fully saturated rings. The van der Waals surface area contributed by atoms with E-state index in [1.165, 1.54) is 19.8 Å². The third kappa shape index (κ3) is 4.55. The van der Waals surface area contributed by atoms with Gasteiger partial charge < -0.3 is 20.1 Å². The van der Waals surface area contributed by atoms with Crippen LogP contribution < -0.4 is 20.1 Å². The van der Waals surface area contributed by atoms with Gasteiger partial charge in [-0.3, -0.25) is 9.59 Å². The molecule has 0 unspecified atom stereocenters. The molecule has 3 aromatic carbocycles. The standard InChI is InChI=1S/C24H21N3O4S/c1-14-4-10-19-21(12-14)32-24(27-19)15-5-7-16(8-6-15)25-22(28)23(29)26-18-11-9-17(30-2)13-20(18)31-3/h4-13H,1-3H3,(H,25,28)(H,26,29). The number of hydrogen-bond acceptors (Lipinski definition) is 6. The number of carbonyl (C=O) groups is 2. The Hall–Kier alpha value is -3.91. The van der Waals surface area contributed by atoms with Crippen LogP contribution in [0.3, 0.4) is 0 Å². The number of fused-ring (bicyclic) bond motifs is 1. The lowest BCUT2D eigenvalue weighted by Crippen LogP contribution is -2.29. The molecule has 0 spiro atoms. The Balaban J connectivity index is 1.43. The van der Waals surface area contributed by atoms with Crippen molar-refractivity contribution in [1.29, 1.82) is 0 Å². The van der Waals surface area contributed by atoms with Crippen molar-refractivity contribution < 1.29 is 19.1 Å². The third-order valence-corrected chi connectivity index (χ3v) is 5.86. The maximum Gasteiger partial charge on any atom is 0.314 e. The molecule has 1 aromatic heterocycles. The van der Waals surface area contributed by atoms with Crippen molar-refractivity contribution in [1.82, 2.24) is 4.98 Å². The average molecular weight is 448 g/mol. The van der Waals surface area contributed by atoms with E-state index in [2.05, 4.69) is 28.6 Å². The number of carbonyl (C=O) groups excluding carboxylic acids is 2. The summed E-state index contributed by atoms with van der Waals surface area (Å²) in [7, 11) is 3.00. The van der Waals surface area contributed by atoms with Gasteiger partial charge in [0.05, 0.1) is 30.1 Å². The van der Waals surface area contributed by atoms with Crippen LogP contribution in [0.4, 0.5) is 11.4 Å². The van der Waals surface area contributed by atoms with Crippen LogP contribution in [-0.4, -0.2) is 31.0 Å². The van der Waals surface area contributed by atoms with Crippen molar-refractivity contribution in [2.75, 3.05) is 24.9 Å². The van der Waals surface area contributed by atoms with Gasteiger partial charge in [0, 0.05) is 17.3 Å². The predicted octanol–water partition coefficient (Wildman–Crippen LogP) is 4.87. The van der Waals surface area contributed by atoms with Gasteiger partial charge in [0.1, 0.15) is 16.5 Å². The quantitative estimate of drug-likeness (QED) is 0.426.